The fraction of sp³-hybridized carbons (Fsp3) is 0.280. The molecule has 32 heavy (non-hydrogen) atoms. The van der Waals surface area contributed by atoms with Gasteiger partial charge < -0.3 is 9.84 Å². The standard InChI is InChI=1S/C25H25N5O2/c1-3-23-27-24(29-32-23)18-11-13-19(14-12-18)30-15-21(16(2)28-30)25(31)26-22-10-6-8-17-7-4-5-9-20(17)22/h6,8,10-15H,3-5,7,9H2,1-2H3,(H,26,31). The molecule has 0 saturated carbocycles. The van der Waals surface area contributed by atoms with Crippen LogP contribution in [0.5, 0.6) is 0 Å². The molecular weight excluding hydrogens is 402 g/mol. The molecule has 1 amide bonds. The number of hydrogen-bond donors (Lipinski definition) is 1. The predicted molar refractivity (Wildman–Crippen MR) is 122 cm³/mol. The highest BCUT2D eigenvalue weighted by Gasteiger charge is 2.18. The average molecular weight is 428 g/mol. The van der Waals surface area contributed by atoms with E-state index in [1.165, 1.54) is 17.5 Å². The Morgan fingerprint density at radius 3 is 2.72 bits per heavy atom. The Morgan fingerprint density at radius 2 is 1.94 bits per heavy atom. The monoisotopic (exact) mass is 427 g/mol. The summed E-state index contributed by atoms with van der Waals surface area (Å²) in [5.41, 5.74) is 6.49. The lowest BCUT2D eigenvalue weighted by Crippen LogP contribution is -2.15. The maximum Gasteiger partial charge on any atom is 0.259 e. The van der Waals surface area contributed by atoms with Crippen molar-refractivity contribution in [2.75, 3.05) is 5.32 Å². The van der Waals surface area contributed by atoms with Gasteiger partial charge in [-0.2, -0.15) is 10.1 Å². The Hall–Kier alpha value is -3.74. The molecule has 4 aromatic rings. The third kappa shape index (κ3) is 3.82. The fourth-order valence-corrected chi connectivity index (χ4v) is 4.18. The van der Waals surface area contributed by atoms with Crippen molar-refractivity contribution < 1.29 is 9.32 Å². The maximum atomic E-state index is 13.0. The van der Waals surface area contributed by atoms with Crippen molar-refractivity contribution in [3.05, 3.63) is 76.9 Å². The van der Waals surface area contributed by atoms with Crippen LogP contribution < -0.4 is 5.32 Å². The highest BCUT2D eigenvalue weighted by Crippen LogP contribution is 2.28. The van der Waals surface area contributed by atoms with Crippen LogP contribution in [0.3, 0.4) is 0 Å². The first kappa shape index (κ1) is 20.2. The number of aryl methyl sites for hydroxylation is 3. The molecule has 1 N–H and O–H groups in total. The molecule has 2 aromatic heterocycles. The molecule has 0 fully saturated rings. The quantitative estimate of drug-likeness (QED) is 0.488. The number of fused-ring (bicyclic) bond motifs is 1. The number of rotatable bonds is 5. The summed E-state index contributed by atoms with van der Waals surface area (Å²) in [6.07, 6.45) is 6.94. The van der Waals surface area contributed by atoms with E-state index in [0.29, 0.717) is 29.4 Å². The van der Waals surface area contributed by atoms with Crippen molar-refractivity contribution in [1.29, 1.82) is 0 Å². The normalized spacial score (nSPS) is 13.1. The molecular formula is C25H25N5O2. The number of carbonyl (C=O) groups is 1. The van der Waals surface area contributed by atoms with E-state index in [1.54, 1.807) is 10.9 Å². The van der Waals surface area contributed by atoms with E-state index < -0.39 is 0 Å². The number of hydrogen-bond acceptors (Lipinski definition) is 5. The summed E-state index contributed by atoms with van der Waals surface area (Å²) >= 11 is 0. The van der Waals surface area contributed by atoms with E-state index in [4.69, 9.17) is 4.52 Å². The van der Waals surface area contributed by atoms with Gasteiger partial charge in [-0.1, -0.05) is 24.2 Å². The summed E-state index contributed by atoms with van der Waals surface area (Å²) in [6, 6.07) is 13.9. The summed E-state index contributed by atoms with van der Waals surface area (Å²) in [6.45, 7) is 3.83. The second-order valence-corrected chi connectivity index (χ2v) is 8.09. The van der Waals surface area contributed by atoms with Gasteiger partial charge in [0.1, 0.15) is 0 Å². The number of carbonyl (C=O) groups excluding carboxylic acids is 1. The average Bonchev–Trinajstić information content (AvgIpc) is 3.46. The molecule has 0 radical (unpaired) electrons. The molecule has 0 unspecified atom stereocenters. The molecule has 2 heterocycles. The molecule has 0 bridgehead atoms. The lowest BCUT2D eigenvalue weighted by atomic mass is 9.90. The number of benzene rings is 2. The molecule has 0 aliphatic heterocycles. The number of anilines is 1. The van der Waals surface area contributed by atoms with Gasteiger partial charge in [-0.05, 0) is 74.1 Å². The zero-order chi connectivity index (χ0) is 22.1. The lowest BCUT2D eigenvalue weighted by molar-refractivity contribution is 0.102. The molecule has 0 atom stereocenters. The topological polar surface area (TPSA) is 85.8 Å². The van der Waals surface area contributed by atoms with Gasteiger partial charge in [0.25, 0.3) is 5.91 Å². The minimum absolute atomic E-state index is 0.136. The lowest BCUT2D eigenvalue weighted by Gasteiger charge is -2.19. The first-order valence-corrected chi connectivity index (χ1v) is 11.0. The molecule has 162 valence electrons. The van der Waals surface area contributed by atoms with Crippen LogP contribution in [-0.2, 0) is 19.3 Å². The first-order valence-electron chi connectivity index (χ1n) is 11.0. The Kier molecular flexibility index (Phi) is 5.31. The molecule has 7 nitrogen and oxygen atoms in total. The van der Waals surface area contributed by atoms with Gasteiger partial charge >= 0.3 is 0 Å². The number of nitrogens with one attached hydrogen (secondary N) is 1. The van der Waals surface area contributed by atoms with Crippen LogP contribution in [0, 0.1) is 6.92 Å². The summed E-state index contributed by atoms with van der Waals surface area (Å²) in [5, 5.41) is 11.7. The van der Waals surface area contributed by atoms with Gasteiger partial charge in [0.15, 0.2) is 0 Å². The Morgan fingerprint density at radius 1 is 1.12 bits per heavy atom. The largest absolute Gasteiger partial charge is 0.339 e. The maximum absolute atomic E-state index is 13.0. The highest BCUT2D eigenvalue weighted by molar-refractivity contribution is 6.05. The van der Waals surface area contributed by atoms with Crippen molar-refractivity contribution in [2.24, 2.45) is 0 Å². The van der Waals surface area contributed by atoms with Gasteiger partial charge in [-0.3, -0.25) is 4.79 Å². The summed E-state index contributed by atoms with van der Waals surface area (Å²) in [5.74, 6) is 1.04. The van der Waals surface area contributed by atoms with E-state index in [9.17, 15) is 4.79 Å². The zero-order valence-corrected chi connectivity index (χ0v) is 18.3. The van der Waals surface area contributed by atoms with Crippen LogP contribution in [0.15, 0.2) is 53.2 Å². The van der Waals surface area contributed by atoms with Crippen molar-refractivity contribution in [2.45, 2.75) is 46.0 Å². The molecule has 0 saturated heterocycles. The van der Waals surface area contributed by atoms with Gasteiger partial charge in [-0.15, -0.1) is 0 Å². The van der Waals surface area contributed by atoms with Crippen molar-refractivity contribution in [3.8, 4) is 17.1 Å². The predicted octanol–water partition coefficient (Wildman–Crippen LogP) is 4.92. The summed E-state index contributed by atoms with van der Waals surface area (Å²) in [7, 11) is 0. The Balaban J connectivity index is 1.36. The second-order valence-electron chi connectivity index (χ2n) is 8.09. The molecule has 5 rings (SSSR count). The SMILES string of the molecule is CCc1nc(-c2ccc(-n3cc(C(=O)Nc4cccc5c4CCCC5)c(C)n3)cc2)no1. The van der Waals surface area contributed by atoms with Crippen molar-refractivity contribution >= 4 is 11.6 Å². The zero-order valence-electron chi connectivity index (χ0n) is 18.3. The van der Waals surface area contributed by atoms with Crippen LogP contribution in [0.1, 0.15) is 52.8 Å². The fourth-order valence-electron chi connectivity index (χ4n) is 4.18. The van der Waals surface area contributed by atoms with E-state index in [2.05, 4.69) is 26.6 Å². The van der Waals surface area contributed by atoms with Gasteiger partial charge in [0.05, 0.1) is 16.9 Å². The van der Waals surface area contributed by atoms with E-state index in [1.807, 2.05) is 50.2 Å². The van der Waals surface area contributed by atoms with Crippen LogP contribution in [0.25, 0.3) is 17.1 Å². The van der Waals surface area contributed by atoms with E-state index in [0.717, 1.165) is 36.2 Å². The second kappa shape index (κ2) is 8.42. The molecule has 7 heteroatoms. The summed E-state index contributed by atoms with van der Waals surface area (Å²) < 4.78 is 6.91. The highest BCUT2D eigenvalue weighted by atomic mass is 16.5. The molecule has 1 aliphatic carbocycles. The molecule has 1 aliphatic rings. The van der Waals surface area contributed by atoms with Crippen LogP contribution in [0.2, 0.25) is 0 Å². The number of aromatic nitrogens is 4. The summed E-state index contributed by atoms with van der Waals surface area (Å²) in [4.78, 5) is 17.4. The van der Waals surface area contributed by atoms with Crippen molar-refractivity contribution in [3.63, 3.8) is 0 Å². The van der Waals surface area contributed by atoms with E-state index in [-0.39, 0.29) is 5.91 Å². The smallest absolute Gasteiger partial charge is 0.259 e. The molecule has 0 spiro atoms. The minimum Gasteiger partial charge on any atom is -0.339 e. The van der Waals surface area contributed by atoms with E-state index >= 15 is 0 Å². The van der Waals surface area contributed by atoms with Gasteiger partial charge in [-0.25, -0.2) is 4.68 Å². The Labute approximate surface area is 186 Å². The van der Waals surface area contributed by atoms with Crippen LogP contribution in [0.4, 0.5) is 5.69 Å². The van der Waals surface area contributed by atoms with Gasteiger partial charge in [0, 0.05) is 23.9 Å². The van der Waals surface area contributed by atoms with Gasteiger partial charge in [0.2, 0.25) is 11.7 Å². The molecule has 2 aromatic carbocycles. The third-order valence-corrected chi connectivity index (χ3v) is 5.95. The Bertz CT molecular complexity index is 1270. The number of nitrogens with zero attached hydrogens (tertiary/aromatic N) is 4. The first-order chi connectivity index (χ1) is 15.6. The van der Waals surface area contributed by atoms with Crippen LogP contribution >= 0.6 is 0 Å². The third-order valence-electron chi connectivity index (χ3n) is 5.95. The number of amides is 1. The minimum atomic E-state index is -0.136. The van der Waals surface area contributed by atoms with Crippen LogP contribution in [-0.4, -0.2) is 25.8 Å². The van der Waals surface area contributed by atoms with Crippen molar-refractivity contribution in [1.82, 2.24) is 19.9 Å².